The van der Waals surface area contributed by atoms with E-state index in [0.29, 0.717) is 6.42 Å². The predicted octanol–water partition coefficient (Wildman–Crippen LogP) is 2.24. The Labute approximate surface area is 110 Å². The fourth-order valence-electron chi connectivity index (χ4n) is 2.19. The van der Waals surface area contributed by atoms with Crippen LogP contribution >= 0.6 is 11.3 Å². The van der Waals surface area contributed by atoms with Gasteiger partial charge in [0.15, 0.2) is 5.82 Å². The first-order valence-electron chi connectivity index (χ1n) is 6.28. The molecular weight excluding hydrogens is 248 g/mol. The van der Waals surface area contributed by atoms with Crippen molar-refractivity contribution >= 4 is 11.3 Å². The molecule has 5 nitrogen and oxygen atoms in total. The Balaban J connectivity index is 1.69. The van der Waals surface area contributed by atoms with Gasteiger partial charge in [-0.1, -0.05) is 11.6 Å². The van der Waals surface area contributed by atoms with E-state index in [4.69, 9.17) is 4.52 Å². The Bertz CT molecular complexity index is 516. The SMILES string of the molecule is Cc1nc(Cc2noc([C@H]3CCCCN3)n2)cs1. The van der Waals surface area contributed by atoms with Crippen molar-refractivity contribution < 1.29 is 4.52 Å². The van der Waals surface area contributed by atoms with Crippen molar-refractivity contribution in [2.75, 3.05) is 6.54 Å². The molecule has 6 heteroatoms. The van der Waals surface area contributed by atoms with Gasteiger partial charge in [-0.05, 0) is 26.3 Å². The molecule has 3 heterocycles. The van der Waals surface area contributed by atoms with Crippen LogP contribution in [0.5, 0.6) is 0 Å². The third kappa shape index (κ3) is 2.59. The van der Waals surface area contributed by atoms with Gasteiger partial charge in [-0.2, -0.15) is 4.98 Å². The second kappa shape index (κ2) is 5.16. The summed E-state index contributed by atoms with van der Waals surface area (Å²) in [6.45, 7) is 3.04. The predicted molar refractivity (Wildman–Crippen MR) is 68.5 cm³/mol. The lowest BCUT2D eigenvalue weighted by atomic mass is 10.1. The Hall–Kier alpha value is -1.27. The summed E-state index contributed by atoms with van der Waals surface area (Å²) in [6, 6.07) is 0.233. The molecule has 96 valence electrons. The lowest BCUT2D eigenvalue weighted by Gasteiger charge is -2.19. The van der Waals surface area contributed by atoms with E-state index >= 15 is 0 Å². The van der Waals surface area contributed by atoms with E-state index in [2.05, 4.69) is 20.4 Å². The molecule has 0 bridgehead atoms. The molecule has 0 aliphatic carbocycles. The summed E-state index contributed by atoms with van der Waals surface area (Å²) < 4.78 is 5.34. The van der Waals surface area contributed by atoms with Crippen molar-refractivity contribution in [2.24, 2.45) is 0 Å². The molecule has 1 aliphatic rings. The van der Waals surface area contributed by atoms with Crippen LogP contribution in [0.4, 0.5) is 0 Å². The second-order valence-corrected chi connectivity index (χ2v) is 5.65. The number of nitrogens with zero attached hydrogens (tertiary/aromatic N) is 3. The van der Waals surface area contributed by atoms with Gasteiger partial charge < -0.3 is 9.84 Å². The summed E-state index contributed by atoms with van der Waals surface area (Å²) >= 11 is 1.65. The number of rotatable bonds is 3. The highest BCUT2D eigenvalue weighted by molar-refractivity contribution is 7.09. The number of aryl methyl sites for hydroxylation is 1. The smallest absolute Gasteiger partial charge is 0.243 e. The van der Waals surface area contributed by atoms with Crippen molar-refractivity contribution in [1.29, 1.82) is 0 Å². The molecule has 2 aromatic heterocycles. The second-order valence-electron chi connectivity index (χ2n) is 4.59. The third-order valence-corrected chi connectivity index (χ3v) is 3.92. The van der Waals surface area contributed by atoms with E-state index < -0.39 is 0 Å². The Kier molecular flexibility index (Phi) is 3.38. The van der Waals surface area contributed by atoms with E-state index in [9.17, 15) is 0 Å². The molecule has 1 aliphatic heterocycles. The highest BCUT2D eigenvalue weighted by Gasteiger charge is 2.21. The normalized spacial score (nSPS) is 20.2. The van der Waals surface area contributed by atoms with E-state index in [0.717, 1.165) is 35.4 Å². The molecule has 0 saturated carbocycles. The van der Waals surface area contributed by atoms with E-state index in [1.165, 1.54) is 12.8 Å². The molecule has 18 heavy (non-hydrogen) atoms. The highest BCUT2D eigenvalue weighted by Crippen LogP contribution is 2.21. The minimum Gasteiger partial charge on any atom is -0.338 e. The highest BCUT2D eigenvalue weighted by atomic mass is 32.1. The zero-order valence-corrected chi connectivity index (χ0v) is 11.2. The first-order chi connectivity index (χ1) is 8.81. The number of hydrogen-bond donors (Lipinski definition) is 1. The standard InChI is InChI=1S/C12H16N4OS/c1-8-14-9(7-18-8)6-11-15-12(17-16-11)10-4-2-3-5-13-10/h7,10,13H,2-6H2,1H3/t10-/m1/s1. The van der Waals surface area contributed by atoms with Crippen LogP contribution in [0.3, 0.4) is 0 Å². The monoisotopic (exact) mass is 264 g/mol. The van der Waals surface area contributed by atoms with Crippen molar-refractivity contribution in [3.05, 3.63) is 27.8 Å². The van der Waals surface area contributed by atoms with Crippen LogP contribution < -0.4 is 5.32 Å². The van der Waals surface area contributed by atoms with Crippen molar-refractivity contribution in [2.45, 2.75) is 38.6 Å². The zero-order valence-electron chi connectivity index (χ0n) is 10.3. The molecule has 2 aromatic rings. The quantitative estimate of drug-likeness (QED) is 0.921. The Morgan fingerprint density at radius 3 is 3.11 bits per heavy atom. The third-order valence-electron chi connectivity index (χ3n) is 3.10. The first kappa shape index (κ1) is 11.8. The van der Waals surface area contributed by atoms with Crippen LogP contribution in [0.2, 0.25) is 0 Å². The summed E-state index contributed by atoms with van der Waals surface area (Å²) in [4.78, 5) is 8.87. The molecule has 0 amide bonds. The topological polar surface area (TPSA) is 63.8 Å². The van der Waals surface area contributed by atoms with Crippen LogP contribution in [0.25, 0.3) is 0 Å². The van der Waals surface area contributed by atoms with Gasteiger partial charge in [0.1, 0.15) is 0 Å². The molecule has 1 N–H and O–H groups in total. The minimum atomic E-state index is 0.233. The fraction of sp³-hybridized carbons (Fsp3) is 0.583. The zero-order chi connectivity index (χ0) is 12.4. The van der Waals surface area contributed by atoms with Gasteiger partial charge in [0.2, 0.25) is 5.89 Å². The van der Waals surface area contributed by atoms with E-state index in [1.807, 2.05) is 12.3 Å². The minimum absolute atomic E-state index is 0.233. The summed E-state index contributed by atoms with van der Waals surface area (Å²) in [5.74, 6) is 1.44. The fourth-order valence-corrected chi connectivity index (χ4v) is 2.81. The van der Waals surface area contributed by atoms with Gasteiger partial charge >= 0.3 is 0 Å². The molecule has 0 aromatic carbocycles. The van der Waals surface area contributed by atoms with Crippen molar-refractivity contribution in [1.82, 2.24) is 20.4 Å². The maximum atomic E-state index is 5.34. The number of thiazole rings is 1. The summed E-state index contributed by atoms with van der Waals surface area (Å²) in [5, 5.41) is 10.6. The van der Waals surface area contributed by atoms with E-state index in [1.54, 1.807) is 11.3 Å². The van der Waals surface area contributed by atoms with Gasteiger partial charge in [-0.3, -0.25) is 0 Å². The lowest BCUT2D eigenvalue weighted by Crippen LogP contribution is -2.27. The molecular formula is C12H16N4OS. The van der Waals surface area contributed by atoms with Crippen molar-refractivity contribution in [3.63, 3.8) is 0 Å². The van der Waals surface area contributed by atoms with E-state index in [-0.39, 0.29) is 6.04 Å². The summed E-state index contributed by atoms with van der Waals surface area (Å²) in [7, 11) is 0. The molecule has 1 saturated heterocycles. The molecule has 1 atom stereocenters. The molecule has 0 radical (unpaired) electrons. The van der Waals surface area contributed by atoms with Crippen LogP contribution in [0.15, 0.2) is 9.90 Å². The first-order valence-corrected chi connectivity index (χ1v) is 7.16. The van der Waals surface area contributed by atoms with Crippen molar-refractivity contribution in [3.8, 4) is 0 Å². The summed E-state index contributed by atoms with van der Waals surface area (Å²) in [6.07, 6.45) is 4.19. The number of nitrogens with one attached hydrogen (secondary N) is 1. The molecule has 0 unspecified atom stereocenters. The molecule has 3 rings (SSSR count). The van der Waals surface area contributed by atoms with Crippen LogP contribution in [0.1, 0.15) is 47.7 Å². The van der Waals surface area contributed by atoms with Gasteiger partial charge in [-0.15, -0.1) is 11.3 Å². The largest absolute Gasteiger partial charge is 0.338 e. The Morgan fingerprint density at radius 1 is 1.44 bits per heavy atom. The molecule has 1 fully saturated rings. The van der Waals surface area contributed by atoms with Gasteiger partial charge in [0.25, 0.3) is 0 Å². The number of piperidine rings is 1. The van der Waals surface area contributed by atoms with Crippen LogP contribution in [-0.2, 0) is 6.42 Å². The maximum absolute atomic E-state index is 5.34. The number of hydrogen-bond acceptors (Lipinski definition) is 6. The average molecular weight is 264 g/mol. The Morgan fingerprint density at radius 2 is 2.39 bits per heavy atom. The average Bonchev–Trinajstić information content (AvgIpc) is 3.01. The van der Waals surface area contributed by atoms with Gasteiger partial charge in [0.05, 0.1) is 23.2 Å². The maximum Gasteiger partial charge on any atom is 0.243 e. The van der Waals surface area contributed by atoms with Gasteiger partial charge in [-0.25, -0.2) is 4.98 Å². The van der Waals surface area contributed by atoms with Gasteiger partial charge in [0, 0.05) is 5.38 Å². The lowest BCUT2D eigenvalue weighted by molar-refractivity contribution is 0.296. The number of aromatic nitrogens is 3. The van der Waals surface area contributed by atoms with Crippen LogP contribution in [0, 0.1) is 6.92 Å². The molecule has 0 spiro atoms. The summed E-state index contributed by atoms with van der Waals surface area (Å²) in [5.41, 5.74) is 1.02. The van der Waals surface area contributed by atoms with Crippen LogP contribution in [-0.4, -0.2) is 21.7 Å².